The van der Waals surface area contributed by atoms with Crippen LogP contribution in [0.25, 0.3) is 0 Å². The fourth-order valence-electron chi connectivity index (χ4n) is 1.24. The second kappa shape index (κ2) is 5.24. The third-order valence-corrected chi connectivity index (χ3v) is 1.91. The van der Waals surface area contributed by atoms with E-state index in [-0.39, 0.29) is 12.2 Å². The second-order valence-electron chi connectivity index (χ2n) is 3.40. The molecule has 0 aromatic heterocycles. The highest BCUT2D eigenvalue weighted by molar-refractivity contribution is 5.67. The number of ether oxygens (including phenoxy) is 1. The Kier molecular flexibility index (Phi) is 3.97. The molecule has 1 atom stereocenters. The van der Waals surface area contributed by atoms with Crippen LogP contribution in [-0.4, -0.2) is 22.1 Å². The van der Waals surface area contributed by atoms with Gasteiger partial charge in [-0.15, -0.1) is 0 Å². The normalized spacial score (nSPS) is 11.9. The molecule has 0 aliphatic rings. The Bertz CT molecular complexity index is 448. The molecule has 0 fully saturated rings. The molecule has 0 spiro atoms. The number of nitro benzene ring substituents is 1. The van der Waals surface area contributed by atoms with Gasteiger partial charge in [-0.25, -0.2) is 4.39 Å². The molecule has 1 N–H and O–H groups in total. The van der Waals surface area contributed by atoms with Crippen LogP contribution in [-0.2, 0) is 4.79 Å². The molecule has 0 unspecified atom stereocenters. The van der Waals surface area contributed by atoms with Crippen molar-refractivity contribution in [1.82, 2.24) is 0 Å². The summed E-state index contributed by atoms with van der Waals surface area (Å²) in [6.45, 7) is 1.46. The number of aliphatic carboxylic acids is 1. The summed E-state index contributed by atoms with van der Waals surface area (Å²) in [4.78, 5) is 20.2. The number of carbonyl (C=O) groups is 1. The second-order valence-corrected chi connectivity index (χ2v) is 3.40. The van der Waals surface area contributed by atoms with E-state index >= 15 is 0 Å². The van der Waals surface area contributed by atoms with Crippen molar-refractivity contribution in [2.75, 3.05) is 0 Å². The van der Waals surface area contributed by atoms with Gasteiger partial charge < -0.3 is 9.84 Å². The predicted octanol–water partition coefficient (Wildman–Crippen LogP) is 1.98. The van der Waals surface area contributed by atoms with Gasteiger partial charge in [-0.2, -0.15) is 0 Å². The molecule has 0 amide bonds. The fourth-order valence-corrected chi connectivity index (χ4v) is 1.24. The molecule has 17 heavy (non-hydrogen) atoms. The highest BCUT2D eigenvalue weighted by Gasteiger charge is 2.19. The zero-order valence-electron chi connectivity index (χ0n) is 8.92. The highest BCUT2D eigenvalue weighted by atomic mass is 19.1. The number of nitrogens with zero attached hydrogens (tertiary/aromatic N) is 1. The Morgan fingerprint density at radius 2 is 2.29 bits per heavy atom. The molecule has 0 saturated heterocycles. The Labute approximate surface area is 95.8 Å². The van der Waals surface area contributed by atoms with Gasteiger partial charge >= 0.3 is 11.7 Å². The SMILES string of the molecule is C[C@H](CC(=O)O)Oc1ccc(F)cc1[N+](=O)[O-]. The van der Waals surface area contributed by atoms with Gasteiger partial charge in [-0.05, 0) is 19.1 Å². The Balaban J connectivity index is 2.90. The van der Waals surface area contributed by atoms with Gasteiger partial charge in [0, 0.05) is 0 Å². The third kappa shape index (κ3) is 3.71. The number of nitro groups is 1. The Morgan fingerprint density at radius 3 is 2.82 bits per heavy atom. The van der Waals surface area contributed by atoms with E-state index in [1.54, 1.807) is 0 Å². The monoisotopic (exact) mass is 243 g/mol. The lowest BCUT2D eigenvalue weighted by atomic mass is 10.2. The summed E-state index contributed by atoms with van der Waals surface area (Å²) in [6, 6.07) is 2.84. The first-order chi connectivity index (χ1) is 7.90. The number of hydrogen-bond donors (Lipinski definition) is 1. The van der Waals surface area contributed by atoms with Gasteiger partial charge in [0.25, 0.3) is 0 Å². The number of rotatable bonds is 5. The Morgan fingerprint density at radius 1 is 1.65 bits per heavy atom. The van der Waals surface area contributed by atoms with Crippen LogP contribution >= 0.6 is 0 Å². The molecule has 92 valence electrons. The van der Waals surface area contributed by atoms with Crippen LogP contribution in [0.15, 0.2) is 18.2 Å². The van der Waals surface area contributed by atoms with Crippen molar-refractivity contribution in [3.63, 3.8) is 0 Å². The molecule has 0 heterocycles. The van der Waals surface area contributed by atoms with Crippen molar-refractivity contribution in [2.45, 2.75) is 19.4 Å². The maximum atomic E-state index is 12.8. The van der Waals surface area contributed by atoms with E-state index in [2.05, 4.69) is 0 Å². The zero-order chi connectivity index (χ0) is 13.0. The van der Waals surface area contributed by atoms with Gasteiger partial charge in [-0.1, -0.05) is 0 Å². The summed E-state index contributed by atoms with van der Waals surface area (Å²) < 4.78 is 17.9. The smallest absolute Gasteiger partial charge is 0.313 e. The first-order valence-corrected chi connectivity index (χ1v) is 4.72. The summed E-state index contributed by atoms with van der Waals surface area (Å²) in [5.74, 6) is -1.98. The van der Waals surface area contributed by atoms with Crippen LogP contribution in [0.5, 0.6) is 5.75 Å². The van der Waals surface area contributed by atoms with E-state index in [0.717, 1.165) is 18.2 Å². The number of carboxylic acid groups (broad SMARTS) is 1. The quantitative estimate of drug-likeness (QED) is 0.630. The largest absolute Gasteiger partial charge is 0.483 e. The molecule has 0 radical (unpaired) electrons. The predicted molar refractivity (Wildman–Crippen MR) is 55.4 cm³/mol. The lowest BCUT2D eigenvalue weighted by molar-refractivity contribution is -0.386. The molecule has 0 aliphatic heterocycles. The summed E-state index contributed by atoms with van der Waals surface area (Å²) in [7, 11) is 0. The summed E-state index contributed by atoms with van der Waals surface area (Å²) in [5.41, 5.74) is -0.526. The van der Waals surface area contributed by atoms with Crippen molar-refractivity contribution in [3.05, 3.63) is 34.1 Å². The van der Waals surface area contributed by atoms with Crippen LogP contribution < -0.4 is 4.74 Å². The standard InChI is InChI=1S/C10H10FNO5/c1-6(4-10(13)14)17-9-3-2-7(11)5-8(9)12(15)16/h2-3,5-6H,4H2,1H3,(H,13,14)/t6-/m1/s1. The molecular formula is C10H10FNO5. The molecule has 1 rings (SSSR count). The number of benzene rings is 1. The number of halogens is 1. The number of carboxylic acids is 1. The van der Waals surface area contributed by atoms with Crippen LogP contribution in [0, 0.1) is 15.9 Å². The maximum absolute atomic E-state index is 12.8. The van der Waals surface area contributed by atoms with Crippen molar-refractivity contribution in [1.29, 1.82) is 0 Å². The fraction of sp³-hybridized carbons (Fsp3) is 0.300. The minimum atomic E-state index is -1.08. The zero-order valence-corrected chi connectivity index (χ0v) is 8.92. The molecule has 7 heteroatoms. The molecule has 0 bridgehead atoms. The molecule has 1 aromatic carbocycles. The van der Waals surface area contributed by atoms with E-state index in [0.29, 0.717) is 0 Å². The van der Waals surface area contributed by atoms with Gasteiger partial charge in [0.2, 0.25) is 0 Å². The molecule has 1 aromatic rings. The molecule has 0 saturated carbocycles. The average molecular weight is 243 g/mol. The minimum Gasteiger partial charge on any atom is -0.483 e. The third-order valence-electron chi connectivity index (χ3n) is 1.91. The van der Waals surface area contributed by atoms with Crippen LogP contribution in [0.3, 0.4) is 0 Å². The van der Waals surface area contributed by atoms with Gasteiger partial charge in [0.15, 0.2) is 5.75 Å². The van der Waals surface area contributed by atoms with E-state index in [9.17, 15) is 19.3 Å². The topological polar surface area (TPSA) is 89.7 Å². The molecule has 6 nitrogen and oxygen atoms in total. The Hall–Kier alpha value is -2.18. The summed E-state index contributed by atoms with van der Waals surface area (Å²) in [5, 5.41) is 19.1. The summed E-state index contributed by atoms with van der Waals surface area (Å²) in [6.07, 6.45) is -1.04. The lowest BCUT2D eigenvalue weighted by Crippen LogP contribution is -2.17. The molecule has 0 aliphatic carbocycles. The van der Waals surface area contributed by atoms with Crippen molar-refractivity contribution < 1.29 is 24.0 Å². The van der Waals surface area contributed by atoms with Crippen molar-refractivity contribution >= 4 is 11.7 Å². The molecular weight excluding hydrogens is 233 g/mol. The van der Waals surface area contributed by atoms with Crippen LogP contribution in [0.2, 0.25) is 0 Å². The van der Waals surface area contributed by atoms with Crippen molar-refractivity contribution in [2.24, 2.45) is 0 Å². The van der Waals surface area contributed by atoms with E-state index < -0.39 is 28.5 Å². The minimum absolute atomic E-state index is 0.148. The van der Waals surface area contributed by atoms with Crippen molar-refractivity contribution in [3.8, 4) is 5.75 Å². The van der Waals surface area contributed by atoms with Crippen LogP contribution in [0.1, 0.15) is 13.3 Å². The highest BCUT2D eigenvalue weighted by Crippen LogP contribution is 2.28. The first-order valence-electron chi connectivity index (χ1n) is 4.72. The number of hydrogen-bond acceptors (Lipinski definition) is 4. The van der Waals surface area contributed by atoms with Gasteiger partial charge in [0.1, 0.15) is 11.9 Å². The average Bonchev–Trinajstić information content (AvgIpc) is 2.19. The van der Waals surface area contributed by atoms with E-state index in [1.807, 2.05) is 0 Å². The van der Waals surface area contributed by atoms with Gasteiger partial charge in [-0.3, -0.25) is 14.9 Å². The maximum Gasteiger partial charge on any atom is 0.313 e. The lowest BCUT2D eigenvalue weighted by Gasteiger charge is -2.12. The van der Waals surface area contributed by atoms with E-state index in [4.69, 9.17) is 9.84 Å². The first kappa shape index (κ1) is 12.9. The van der Waals surface area contributed by atoms with E-state index in [1.165, 1.54) is 6.92 Å². The van der Waals surface area contributed by atoms with Crippen LogP contribution in [0.4, 0.5) is 10.1 Å². The van der Waals surface area contributed by atoms with Gasteiger partial charge in [0.05, 0.1) is 17.4 Å². The summed E-state index contributed by atoms with van der Waals surface area (Å²) >= 11 is 0.